The zero-order valence-corrected chi connectivity index (χ0v) is 48.1. The van der Waals surface area contributed by atoms with Gasteiger partial charge in [-0.3, -0.25) is 19.2 Å². The second-order valence-corrected chi connectivity index (χ2v) is 20.5. The Balaban J connectivity index is 0.000000392. The minimum Gasteiger partial charge on any atom is -0.449 e. The van der Waals surface area contributed by atoms with Crippen LogP contribution in [-0.4, -0.2) is 110 Å². The monoisotopic (exact) mass is 1120 g/mol. The Labute approximate surface area is 477 Å². The maximum absolute atomic E-state index is 13.5. The summed E-state index contributed by atoms with van der Waals surface area (Å²) < 4.78 is 10.6. The van der Waals surface area contributed by atoms with Crippen molar-refractivity contribution in [1.29, 1.82) is 0 Å². The van der Waals surface area contributed by atoms with Crippen LogP contribution in [0, 0.1) is 23.7 Å². The fourth-order valence-corrected chi connectivity index (χ4v) is 8.91. The third-order valence-corrected chi connectivity index (χ3v) is 13.5. The summed E-state index contributed by atoms with van der Waals surface area (Å²) in [6.07, 6.45) is 3.42. The highest BCUT2D eigenvalue weighted by Crippen LogP contribution is 2.44. The van der Waals surface area contributed by atoms with Crippen molar-refractivity contribution in [2.24, 2.45) is 40.9 Å². The molecule has 1 fully saturated rings. The molecule has 20 nitrogen and oxygen atoms in total. The lowest BCUT2D eigenvalue weighted by Crippen LogP contribution is -2.46. The number of primary amides is 2. The number of fused-ring (bicyclic) bond motifs is 3. The summed E-state index contributed by atoms with van der Waals surface area (Å²) in [5.74, 6) is -2.77. The standard InChI is InChI=1S/C34H40N4O6.C19H30N4O4.C4H11N.C4H8O/c1-21(2)31(38-34(43)44-20-29-27-11-5-3-9-25(27)26-10-4-6-12-28(26)29)30(40)18-23(8-7-17-36-33(35)42)32(41)37-24-15-13-22(19-39)14-16-24;1-12(2)17(20)16(25)10-14(4-3-9-22-19(21)27)18(26)23-15-7-5-13(11-24)6-8-15;1-3-5-4-2;1-2-4-5-3-1/h3-6,9-16,21,23,29,31,39H,7-8,17-20H2,1-2H3,(H,37,41)(H,38,43)(H3,35,36,42);5-8,12,14,17,24H,3-4,9-11,20H2,1-2H3,(H,23,26)(H3,21,22,27);5H,3-4H2,1-2H3;1-4H2/t23-,31+;14-,17+;;/m11../s1. The molecular formula is C61H89N9O11. The predicted molar refractivity (Wildman–Crippen MR) is 316 cm³/mol. The minimum atomic E-state index is -0.867. The van der Waals surface area contributed by atoms with Gasteiger partial charge in [0.1, 0.15) is 6.61 Å². The number of nitrogens with one attached hydrogen (secondary N) is 6. The van der Waals surface area contributed by atoms with Crippen LogP contribution < -0.4 is 49.1 Å². The molecule has 14 N–H and O–H groups in total. The average molecular weight is 1120 g/mol. The molecule has 1 heterocycles. The van der Waals surface area contributed by atoms with Crippen LogP contribution in [0.1, 0.15) is 121 Å². The molecule has 1 saturated heterocycles. The Bertz CT molecular complexity index is 2500. The minimum absolute atomic E-state index is 0.0104. The van der Waals surface area contributed by atoms with E-state index in [4.69, 9.17) is 31.8 Å². The highest BCUT2D eigenvalue weighted by Gasteiger charge is 2.33. The Morgan fingerprint density at radius 3 is 1.41 bits per heavy atom. The molecule has 20 heteroatoms. The average Bonchev–Trinajstić information content (AvgIpc) is 4.34. The van der Waals surface area contributed by atoms with E-state index in [1.807, 2.05) is 64.1 Å². The van der Waals surface area contributed by atoms with E-state index in [9.17, 15) is 38.7 Å². The van der Waals surface area contributed by atoms with Crippen molar-refractivity contribution in [3.63, 3.8) is 0 Å². The van der Waals surface area contributed by atoms with Gasteiger partial charge in [0.2, 0.25) is 11.8 Å². The molecule has 0 saturated carbocycles. The van der Waals surface area contributed by atoms with Gasteiger partial charge in [-0.15, -0.1) is 0 Å². The number of Topliss-reactive ketones (excluding diaryl/α,β-unsaturated/α-hetero) is 2. The number of urea groups is 2. The molecule has 4 aromatic rings. The molecule has 0 radical (unpaired) electrons. The van der Waals surface area contributed by atoms with Crippen LogP contribution in [0.4, 0.5) is 25.8 Å². The van der Waals surface area contributed by atoms with E-state index in [-0.39, 0.29) is 80.3 Å². The summed E-state index contributed by atoms with van der Waals surface area (Å²) in [4.78, 5) is 86.6. The van der Waals surface area contributed by atoms with Gasteiger partial charge in [0.05, 0.1) is 25.3 Å². The fraction of sp³-hybridized carbons (Fsp3) is 0.492. The molecule has 7 amide bonds. The SMILES string of the molecule is C1CCOC1.CC(C)[C@H](N)C(=O)C[C@@H](CCCNC(N)=O)C(=O)Nc1ccc(CO)cc1.CC(C)[C@H](NC(=O)OCC1c2ccccc2-c2ccccc21)C(=O)C[C@@H](CCCNC(N)=O)C(=O)Nc1ccc(CO)cc1.CCNCC. The zero-order chi connectivity index (χ0) is 59.7. The largest absolute Gasteiger partial charge is 0.449 e. The van der Waals surface area contributed by atoms with Gasteiger partial charge in [0.25, 0.3) is 0 Å². The van der Waals surface area contributed by atoms with Gasteiger partial charge < -0.3 is 68.8 Å². The van der Waals surface area contributed by atoms with Gasteiger partial charge >= 0.3 is 18.2 Å². The van der Waals surface area contributed by atoms with E-state index >= 15 is 0 Å². The molecule has 0 unspecified atom stereocenters. The van der Waals surface area contributed by atoms with Crippen molar-refractivity contribution in [1.82, 2.24) is 21.3 Å². The van der Waals surface area contributed by atoms with Crippen molar-refractivity contribution in [2.75, 3.05) is 56.6 Å². The maximum atomic E-state index is 13.5. The number of ketones is 2. The number of hydrogen-bond acceptors (Lipinski definition) is 13. The summed E-state index contributed by atoms with van der Waals surface area (Å²) in [5, 5.41) is 34.8. The van der Waals surface area contributed by atoms with Crippen LogP contribution in [0.25, 0.3) is 11.1 Å². The molecule has 6 rings (SSSR count). The summed E-state index contributed by atoms with van der Waals surface area (Å²) in [6.45, 7) is 16.2. The molecule has 444 valence electrons. The van der Waals surface area contributed by atoms with Crippen molar-refractivity contribution in [2.45, 2.75) is 124 Å². The first kappa shape index (κ1) is 68.0. The number of aliphatic hydroxyl groups excluding tert-OH is 2. The van der Waals surface area contributed by atoms with Crippen LogP contribution in [0.15, 0.2) is 97.1 Å². The number of hydrogen-bond donors (Lipinski definition) is 11. The number of carbonyl (C=O) groups is 7. The van der Waals surface area contributed by atoms with E-state index in [1.165, 1.54) is 12.8 Å². The normalized spacial score (nSPS) is 13.6. The predicted octanol–water partition coefficient (Wildman–Crippen LogP) is 7.24. The summed E-state index contributed by atoms with van der Waals surface area (Å²) >= 11 is 0. The quantitative estimate of drug-likeness (QED) is 0.0263. The maximum Gasteiger partial charge on any atom is 0.407 e. The number of ether oxygens (including phenoxy) is 2. The van der Waals surface area contributed by atoms with Crippen molar-refractivity contribution in [3.8, 4) is 11.1 Å². The Kier molecular flexibility index (Phi) is 31.6. The third-order valence-electron chi connectivity index (χ3n) is 13.5. The van der Waals surface area contributed by atoms with E-state index < -0.39 is 42.1 Å². The van der Waals surface area contributed by atoms with Gasteiger partial charge in [-0.1, -0.05) is 114 Å². The van der Waals surface area contributed by atoms with Crippen LogP contribution in [0.2, 0.25) is 0 Å². The number of aliphatic hydroxyl groups is 2. The second kappa shape index (κ2) is 37.7. The van der Waals surface area contributed by atoms with Crippen LogP contribution in [0.5, 0.6) is 0 Å². The third kappa shape index (κ3) is 25.0. The van der Waals surface area contributed by atoms with E-state index in [0.29, 0.717) is 49.2 Å². The topological polar surface area (TPSA) is 329 Å². The molecule has 1 aliphatic carbocycles. The van der Waals surface area contributed by atoms with E-state index in [0.717, 1.165) is 54.1 Å². The summed E-state index contributed by atoms with van der Waals surface area (Å²) in [6, 6.07) is 26.8. The molecule has 0 bridgehead atoms. The van der Waals surface area contributed by atoms with E-state index in [1.54, 1.807) is 48.5 Å². The van der Waals surface area contributed by atoms with E-state index in [2.05, 4.69) is 57.9 Å². The van der Waals surface area contributed by atoms with Gasteiger partial charge in [-0.2, -0.15) is 0 Å². The molecule has 4 aromatic carbocycles. The van der Waals surface area contributed by atoms with Crippen molar-refractivity contribution >= 4 is 52.9 Å². The molecule has 81 heavy (non-hydrogen) atoms. The lowest BCUT2D eigenvalue weighted by atomic mass is 9.89. The van der Waals surface area contributed by atoms with Gasteiger partial charge in [-0.25, -0.2) is 14.4 Å². The molecule has 0 aromatic heterocycles. The van der Waals surface area contributed by atoms with Crippen molar-refractivity contribution in [3.05, 3.63) is 119 Å². The van der Waals surface area contributed by atoms with Crippen LogP contribution >= 0.6 is 0 Å². The molecule has 4 atom stereocenters. The van der Waals surface area contributed by atoms with Gasteiger partial charge in [-0.05, 0) is 121 Å². The summed E-state index contributed by atoms with van der Waals surface area (Å²) in [5.41, 5.74) is 23.0. The number of carbonyl (C=O) groups excluding carboxylic acids is 7. The number of amides is 7. The van der Waals surface area contributed by atoms with Gasteiger partial charge in [0.15, 0.2) is 11.6 Å². The first-order valence-corrected chi connectivity index (χ1v) is 28.1. The van der Waals surface area contributed by atoms with Crippen LogP contribution in [0.3, 0.4) is 0 Å². The smallest absolute Gasteiger partial charge is 0.407 e. The van der Waals surface area contributed by atoms with Crippen molar-refractivity contribution < 1.29 is 53.2 Å². The zero-order valence-electron chi connectivity index (χ0n) is 48.1. The number of alkyl carbamates (subject to hydrolysis) is 1. The summed E-state index contributed by atoms with van der Waals surface area (Å²) in [7, 11) is 0. The highest BCUT2D eigenvalue weighted by atomic mass is 16.5. The Morgan fingerprint density at radius 2 is 1.05 bits per heavy atom. The highest BCUT2D eigenvalue weighted by molar-refractivity contribution is 5.98. The second-order valence-electron chi connectivity index (χ2n) is 20.5. The number of nitrogens with two attached hydrogens (primary N) is 3. The Morgan fingerprint density at radius 1 is 0.617 bits per heavy atom. The molecular weight excluding hydrogens is 1030 g/mol. The molecule has 0 spiro atoms. The van der Waals surface area contributed by atoms with Gasteiger partial charge in [0, 0.05) is 68.3 Å². The number of rotatable bonds is 27. The fourth-order valence-electron chi connectivity index (χ4n) is 8.91. The Hall–Kier alpha value is -7.23. The van der Waals surface area contributed by atoms with Crippen LogP contribution in [-0.2, 0) is 41.9 Å². The molecule has 2 aliphatic rings. The number of benzene rings is 4. The lowest BCUT2D eigenvalue weighted by Gasteiger charge is -2.24. The number of anilines is 2. The molecule has 1 aliphatic heterocycles. The first-order valence-electron chi connectivity index (χ1n) is 28.1. The first-order chi connectivity index (χ1) is 38.8. The lowest BCUT2D eigenvalue weighted by molar-refractivity contribution is -0.128.